The third-order valence-corrected chi connectivity index (χ3v) is 8.30. The van der Waals surface area contributed by atoms with Crippen LogP contribution in [-0.2, 0) is 10.0 Å². The van der Waals surface area contributed by atoms with Gasteiger partial charge in [0.05, 0.1) is 16.9 Å². The highest BCUT2D eigenvalue weighted by molar-refractivity contribution is 7.93. The molecule has 0 spiro atoms. The Morgan fingerprint density at radius 2 is 2.07 bits per heavy atom. The van der Waals surface area contributed by atoms with Crippen molar-refractivity contribution in [3.05, 3.63) is 34.3 Å². The van der Waals surface area contributed by atoms with Crippen molar-refractivity contribution in [2.24, 2.45) is 11.3 Å². The Labute approximate surface area is 177 Å². The summed E-state index contributed by atoms with van der Waals surface area (Å²) < 4.78 is 54.5. The maximum atomic E-state index is 14.6. The van der Waals surface area contributed by atoms with Crippen LogP contribution in [0.5, 0.6) is 0 Å². The number of anilines is 2. The standard InChI is InChI=1S/C18H21ClF2N4O2S2/c1-22-11(7-18-4-10(5-18)6-18)8-23-14-3-13(20)15(2-12(14)19)29(26,27)25-17-24-9-16(21)28-17/h2-3,9-11,22-23H,4-8H2,1H3,(H,24,25). The van der Waals surface area contributed by atoms with Crippen LogP contribution in [0.1, 0.15) is 25.7 Å². The van der Waals surface area contributed by atoms with Gasteiger partial charge in [-0.05, 0) is 56.2 Å². The van der Waals surface area contributed by atoms with Gasteiger partial charge in [-0.1, -0.05) is 22.9 Å². The predicted molar refractivity (Wildman–Crippen MR) is 110 cm³/mol. The van der Waals surface area contributed by atoms with Gasteiger partial charge in [-0.15, -0.1) is 0 Å². The third kappa shape index (κ3) is 4.21. The predicted octanol–water partition coefficient (Wildman–Crippen LogP) is 4.07. The number of hydrogen-bond donors (Lipinski definition) is 3. The molecule has 0 amide bonds. The Morgan fingerprint density at radius 1 is 1.34 bits per heavy atom. The number of likely N-dealkylation sites (N-methyl/N-ethyl adjacent to an activating group) is 1. The minimum atomic E-state index is -4.29. The number of thiazole rings is 1. The van der Waals surface area contributed by atoms with Crippen LogP contribution in [-0.4, -0.2) is 33.0 Å². The molecule has 29 heavy (non-hydrogen) atoms. The fraction of sp³-hybridized carbons (Fsp3) is 0.500. The molecule has 1 unspecified atom stereocenters. The van der Waals surface area contributed by atoms with Crippen LogP contribution in [0.3, 0.4) is 0 Å². The number of benzene rings is 1. The van der Waals surface area contributed by atoms with Gasteiger partial charge in [0.1, 0.15) is 10.7 Å². The average molecular weight is 463 g/mol. The quantitative estimate of drug-likeness (QED) is 0.523. The molecule has 3 fully saturated rings. The van der Waals surface area contributed by atoms with Crippen LogP contribution >= 0.6 is 22.9 Å². The number of hydrogen-bond acceptors (Lipinski definition) is 6. The van der Waals surface area contributed by atoms with Crippen molar-refractivity contribution in [2.75, 3.05) is 23.6 Å². The second kappa shape index (κ2) is 7.64. The smallest absolute Gasteiger partial charge is 0.266 e. The van der Waals surface area contributed by atoms with Crippen molar-refractivity contribution >= 4 is 43.8 Å². The second-order valence-electron chi connectivity index (χ2n) is 7.89. The minimum Gasteiger partial charge on any atom is -0.382 e. The first-order valence-electron chi connectivity index (χ1n) is 9.24. The van der Waals surface area contributed by atoms with Crippen LogP contribution in [0.4, 0.5) is 19.6 Å². The number of halogens is 3. The van der Waals surface area contributed by atoms with Gasteiger partial charge in [-0.25, -0.2) is 17.8 Å². The van der Waals surface area contributed by atoms with Gasteiger partial charge in [-0.2, -0.15) is 4.39 Å². The summed E-state index contributed by atoms with van der Waals surface area (Å²) >= 11 is 6.71. The van der Waals surface area contributed by atoms with E-state index in [0.717, 1.165) is 30.7 Å². The lowest BCUT2D eigenvalue weighted by Crippen LogP contribution is -2.55. The van der Waals surface area contributed by atoms with Crippen molar-refractivity contribution in [1.29, 1.82) is 0 Å². The molecule has 2 aromatic rings. The van der Waals surface area contributed by atoms with E-state index in [1.807, 2.05) is 7.05 Å². The van der Waals surface area contributed by atoms with E-state index in [9.17, 15) is 17.2 Å². The Hall–Kier alpha value is -1.49. The molecule has 11 heteroatoms. The molecule has 6 nitrogen and oxygen atoms in total. The summed E-state index contributed by atoms with van der Waals surface area (Å²) in [6.07, 6.45) is 5.81. The number of nitrogens with zero attached hydrogens (tertiary/aromatic N) is 1. The Kier molecular flexibility index (Phi) is 5.47. The lowest BCUT2D eigenvalue weighted by atomic mass is 9.43. The fourth-order valence-electron chi connectivity index (χ4n) is 4.28. The normalized spacial score (nSPS) is 23.8. The molecule has 3 aliphatic carbocycles. The van der Waals surface area contributed by atoms with Gasteiger partial charge in [0.15, 0.2) is 10.3 Å². The van der Waals surface area contributed by atoms with Gasteiger partial charge < -0.3 is 10.6 Å². The number of aromatic nitrogens is 1. The molecule has 0 aliphatic heterocycles. The molecule has 2 bridgehead atoms. The molecule has 3 N–H and O–H groups in total. The molecule has 1 atom stereocenters. The van der Waals surface area contributed by atoms with E-state index in [0.29, 0.717) is 29.0 Å². The fourth-order valence-corrected chi connectivity index (χ4v) is 6.45. The molecule has 0 saturated heterocycles. The van der Waals surface area contributed by atoms with E-state index < -0.39 is 25.9 Å². The molecular formula is C18H21ClF2N4O2S2. The van der Waals surface area contributed by atoms with E-state index in [1.54, 1.807) is 0 Å². The highest BCUT2D eigenvalue weighted by Gasteiger charge is 2.56. The molecule has 1 aromatic carbocycles. The van der Waals surface area contributed by atoms with Gasteiger partial charge >= 0.3 is 0 Å². The van der Waals surface area contributed by atoms with Gasteiger partial charge in [0.25, 0.3) is 10.0 Å². The summed E-state index contributed by atoms with van der Waals surface area (Å²) in [6.45, 7) is 0.546. The lowest BCUT2D eigenvalue weighted by molar-refractivity contribution is -0.116. The van der Waals surface area contributed by atoms with Crippen LogP contribution in [0.2, 0.25) is 5.02 Å². The largest absolute Gasteiger partial charge is 0.382 e. The number of nitrogens with one attached hydrogen (secondary N) is 3. The van der Waals surface area contributed by atoms with E-state index >= 15 is 0 Å². The molecule has 1 heterocycles. The van der Waals surface area contributed by atoms with Crippen LogP contribution < -0.4 is 15.4 Å². The third-order valence-electron chi connectivity index (χ3n) is 5.80. The minimum absolute atomic E-state index is 0.0810. The first-order chi connectivity index (χ1) is 13.7. The first-order valence-corrected chi connectivity index (χ1v) is 11.9. The monoisotopic (exact) mass is 462 g/mol. The summed E-state index contributed by atoms with van der Waals surface area (Å²) in [5.41, 5.74) is 0.787. The zero-order chi connectivity index (χ0) is 20.8. The molecule has 3 aliphatic rings. The van der Waals surface area contributed by atoms with Crippen LogP contribution in [0.25, 0.3) is 0 Å². The molecule has 0 radical (unpaired) electrons. The Morgan fingerprint density at radius 3 is 2.62 bits per heavy atom. The van der Waals surface area contributed by atoms with E-state index in [-0.39, 0.29) is 16.2 Å². The average Bonchev–Trinajstić information content (AvgIpc) is 2.98. The Balaban J connectivity index is 1.44. The van der Waals surface area contributed by atoms with Crippen molar-refractivity contribution in [3.63, 3.8) is 0 Å². The van der Waals surface area contributed by atoms with Gasteiger partial charge in [0, 0.05) is 12.6 Å². The first kappa shape index (κ1) is 20.8. The summed E-state index contributed by atoms with van der Waals surface area (Å²) in [7, 11) is -2.40. The van der Waals surface area contributed by atoms with E-state index in [4.69, 9.17) is 11.6 Å². The zero-order valence-corrected chi connectivity index (χ0v) is 18.0. The van der Waals surface area contributed by atoms with Crippen molar-refractivity contribution in [3.8, 4) is 0 Å². The molecular weight excluding hydrogens is 442 g/mol. The topological polar surface area (TPSA) is 83.1 Å². The SMILES string of the molecule is CNC(CNc1cc(F)c(S(=O)(=O)Nc2ncc(F)s2)cc1Cl)CC12CC(C1)C2. The molecule has 5 rings (SSSR count). The number of rotatable bonds is 9. The van der Waals surface area contributed by atoms with Gasteiger partial charge in [0.2, 0.25) is 0 Å². The summed E-state index contributed by atoms with van der Waals surface area (Å²) in [6, 6.07) is 2.31. The summed E-state index contributed by atoms with van der Waals surface area (Å²) in [5, 5.41) is 5.63. The second-order valence-corrected chi connectivity index (χ2v) is 10.9. The summed E-state index contributed by atoms with van der Waals surface area (Å²) in [4.78, 5) is 2.95. The van der Waals surface area contributed by atoms with Crippen LogP contribution in [0, 0.1) is 22.3 Å². The van der Waals surface area contributed by atoms with Crippen molar-refractivity contribution < 1.29 is 17.2 Å². The highest BCUT2D eigenvalue weighted by atomic mass is 35.5. The van der Waals surface area contributed by atoms with E-state index in [1.165, 1.54) is 19.3 Å². The maximum absolute atomic E-state index is 14.6. The van der Waals surface area contributed by atoms with Crippen molar-refractivity contribution in [2.45, 2.75) is 36.6 Å². The van der Waals surface area contributed by atoms with Crippen LogP contribution in [0.15, 0.2) is 23.2 Å². The molecule has 1 aromatic heterocycles. The Bertz CT molecular complexity index is 1010. The molecule has 3 saturated carbocycles. The number of sulfonamides is 1. The lowest BCUT2D eigenvalue weighted by Gasteiger charge is -2.63. The maximum Gasteiger partial charge on any atom is 0.266 e. The summed E-state index contributed by atoms with van der Waals surface area (Å²) in [5.74, 6) is -0.0464. The highest BCUT2D eigenvalue weighted by Crippen LogP contribution is 2.66. The van der Waals surface area contributed by atoms with Crippen molar-refractivity contribution in [1.82, 2.24) is 10.3 Å². The van der Waals surface area contributed by atoms with Gasteiger partial charge in [-0.3, -0.25) is 4.72 Å². The van der Waals surface area contributed by atoms with E-state index in [2.05, 4.69) is 20.3 Å². The molecule has 158 valence electrons. The zero-order valence-electron chi connectivity index (χ0n) is 15.6.